The van der Waals surface area contributed by atoms with E-state index in [2.05, 4.69) is 0 Å². The van der Waals surface area contributed by atoms with Crippen molar-refractivity contribution < 1.29 is 14.6 Å². The van der Waals surface area contributed by atoms with Gasteiger partial charge in [-0.15, -0.1) is 0 Å². The van der Waals surface area contributed by atoms with Gasteiger partial charge in [-0.3, -0.25) is 0 Å². The predicted molar refractivity (Wildman–Crippen MR) is 65.4 cm³/mol. The van der Waals surface area contributed by atoms with Crippen LogP contribution in [0, 0.1) is 0 Å². The third kappa shape index (κ3) is 3.18. The highest BCUT2D eigenvalue weighted by Crippen LogP contribution is 2.18. The lowest BCUT2D eigenvalue weighted by Crippen LogP contribution is -2.31. The van der Waals surface area contributed by atoms with Gasteiger partial charge in [0, 0.05) is 0 Å². The first kappa shape index (κ1) is 12.3. The third-order valence-electron chi connectivity index (χ3n) is 2.58. The number of hydrogen-bond acceptors (Lipinski definition) is 3. The van der Waals surface area contributed by atoms with Crippen LogP contribution in [0.3, 0.4) is 0 Å². The van der Waals surface area contributed by atoms with Crippen LogP contribution in [-0.4, -0.2) is 5.97 Å². The van der Waals surface area contributed by atoms with Crippen molar-refractivity contribution in [3.8, 4) is 0 Å². The number of carbonyl (C=O) groups is 1. The molecule has 0 bridgehead atoms. The van der Waals surface area contributed by atoms with Gasteiger partial charge >= 0.3 is 0 Å². The van der Waals surface area contributed by atoms with Crippen LogP contribution in [0.2, 0.25) is 0 Å². The highest BCUT2D eigenvalue weighted by molar-refractivity contribution is 5.72. The normalized spacial score (nSPS) is 12.0. The Bertz CT molecular complexity index is 494. The second kappa shape index (κ2) is 5.98. The molecule has 2 aromatic rings. The molecule has 2 aromatic carbocycles. The second-order valence-electron chi connectivity index (χ2n) is 3.91. The molecule has 0 fully saturated rings. The van der Waals surface area contributed by atoms with Crippen LogP contribution in [0.25, 0.3) is 0 Å². The lowest BCUT2D eigenvalue weighted by Gasteiger charge is -2.19. The summed E-state index contributed by atoms with van der Waals surface area (Å²) in [5.41, 5.74) is 1.52. The average molecular weight is 241 g/mol. The highest BCUT2D eigenvalue weighted by Gasteiger charge is 2.12. The Balaban J connectivity index is 2.06. The Kier molecular flexibility index (Phi) is 4.10. The largest absolute Gasteiger partial charge is 0.547 e. The molecule has 0 N–H and O–H groups in total. The van der Waals surface area contributed by atoms with Gasteiger partial charge in [0.25, 0.3) is 0 Å². The topological polar surface area (TPSA) is 49.4 Å². The summed E-state index contributed by atoms with van der Waals surface area (Å²) < 4.78 is 5.41. The summed E-state index contributed by atoms with van der Waals surface area (Å²) in [6.07, 6.45) is -1.04. The standard InChI is InChI=1S/C15H14O3/c16-15(17)14(13-9-5-2-6-10-13)18-11-12-7-3-1-4-8-12/h1-10,14H,11H2,(H,16,17)/p-1/t14-/m0/s1. The summed E-state index contributed by atoms with van der Waals surface area (Å²) in [7, 11) is 0. The van der Waals surface area contributed by atoms with E-state index in [4.69, 9.17) is 4.74 Å². The van der Waals surface area contributed by atoms with Gasteiger partial charge in [0.1, 0.15) is 6.10 Å². The van der Waals surface area contributed by atoms with Crippen molar-refractivity contribution in [2.24, 2.45) is 0 Å². The summed E-state index contributed by atoms with van der Waals surface area (Å²) in [6.45, 7) is 0.244. The highest BCUT2D eigenvalue weighted by atomic mass is 16.5. The molecule has 92 valence electrons. The molecule has 0 aliphatic carbocycles. The molecule has 18 heavy (non-hydrogen) atoms. The van der Waals surface area contributed by atoms with E-state index >= 15 is 0 Å². The minimum absolute atomic E-state index is 0.244. The van der Waals surface area contributed by atoms with Crippen LogP contribution in [0.5, 0.6) is 0 Å². The second-order valence-corrected chi connectivity index (χ2v) is 3.91. The molecule has 3 nitrogen and oxygen atoms in total. The lowest BCUT2D eigenvalue weighted by atomic mass is 10.1. The van der Waals surface area contributed by atoms with Gasteiger partial charge in [0.15, 0.2) is 0 Å². The zero-order chi connectivity index (χ0) is 12.8. The number of aliphatic carboxylic acids is 1. The van der Waals surface area contributed by atoms with Gasteiger partial charge in [-0.25, -0.2) is 0 Å². The Morgan fingerprint density at radius 1 is 1.00 bits per heavy atom. The Morgan fingerprint density at radius 3 is 2.11 bits per heavy atom. The molecule has 0 radical (unpaired) electrons. The molecular formula is C15H13O3-. The van der Waals surface area contributed by atoms with Crippen LogP contribution in [0.15, 0.2) is 60.7 Å². The van der Waals surface area contributed by atoms with Crippen molar-refractivity contribution >= 4 is 5.97 Å². The molecule has 3 heteroatoms. The molecular weight excluding hydrogens is 228 g/mol. The van der Waals surface area contributed by atoms with Crippen molar-refractivity contribution in [1.29, 1.82) is 0 Å². The van der Waals surface area contributed by atoms with Crippen LogP contribution < -0.4 is 5.11 Å². The molecule has 2 rings (SSSR count). The summed E-state index contributed by atoms with van der Waals surface area (Å²) >= 11 is 0. The van der Waals surface area contributed by atoms with E-state index in [9.17, 15) is 9.90 Å². The average Bonchev–Trinajstić information content (AvgIpc) is 2.41. The van der Waals surface area contributed by atoms with Gasteiger partial charge in [-0.05, 0) is 11.1 Å². The maximum atomic E-state index is 11.1. The molecule has 0 heterocycles. The van der Waals surface area contributed by atoms with Crippen molar-refractivity contribution in [2.45, 2.75) is 12.7 Å². The molecule has 0 aliphatic rings. The van der Waals surface area contributed by atoms with Crippen LogP contribution in [0.4, 0.5) is 0 Å². The van der Waals surface area contributed by atoms with Gasteiger partial charge < -0.3 is 14.6 Å². The Labute approximate surface area is 106 Å². The predicted octanol–water partition coefficient (Wildman–Crippen LogP) is 1.69. The summed E-state index contributed by atoms with van der Waals surface area (Å²) in [5.74, 6) is -1.22. The molecule has 0 saturated carbocycles. The lowest BCUT2D eigenvalue weighted by molar-refractivity contribution is -0.318. The van der Waals surface area contributed by atoms with Gasteiger partial charge in [0.05, 0.1) is 12.6 Å². The number of carboxylic acid groups (broad SMARTS) is 1. The van der Waals surface area contributed by atoms with Crippen LogP contribution in [0.1, 0.15) is 17.2 Å². The maximum absolute atomic E-state index is 11.1. The summed E-state index contributed by atoms with van der Waals surface area (Å²) in [4.78, 5) is 11.1. The first-order chi connectivity index (χ1) is 8.77. The van der Waals surface area contributed by atoms with E-state index in [1.165, 1.54) is 0 Å². The van der Waals surface area contributed by atoms with Gasteiger partial charge in [-0.2, -0.15) is 0 Å². The fourth-order valence-electron chi connectivity index (χ4n) is 1.68. The van der Waals surface area contributed by atoms with E-state index < -0.39 is 12.1 Å². The molecule has 0 aromatic heterocycles. The molecule has 0 aliphatic heterocycles. The molecule has 0 unspecified atom stereocenters. The monoisotopic (exact) mass is 241 g/mol. The Morgan fingerprint density at radius 2 is 1.56 bits per heavy atom. The summed E-state index contributed by atoms with van der Waals surface area (Å²) in [5, 5.41) is 11.1. The Hall–Kier alpha value is -2.13. The van der Waals surface area contributed by atoms with Gasteiger partial charge in [0.2, 0.25) is 0 Å². The first-order valence-corrected chi connectivity index (χ1v) is 5.68. The molecule has 1 atom stereocenters. The van der Waals surface area contributed by atoms with E-state index in [1.807, 2.05) is 36.4 Å². The zero-order valence-electron chi connectivity index (χ0n) is 9.78. The molecule has 0 saturated heterocycles. The smallest absolute Gasteiger partial charge is 0.122 e. The fraction of sp³-hybridized carbons (Fsp3) is 0.133. The number of rotatable bonds is 5. The quantitative estimate of drug-likeness (QED) is 0.800. The zero-order valence-corrected chi connectivity index (χ0v) is 9.78. The van der Waals surface area contributed by atoms with Crippen LogP contribution in [-0.2, 0) is 16.1 Å². The third-order valence-corrected chi connectivity index (χ3v) is 2.58. The van der Waals surface area contributed by atoms with E-state index in [0.29, 0.717) is 5.56 Å². The SMILES string of the molecule is O=C([O-])[C@@H](OCc1ccccc1)c1ccccc1. The number of ether oxygens (including phenoxy) is 1. The van der Waals surface area contributed by atoms with Crippen molar-refractivity contribution in [3.05, 3.63) is 71.8 Å². The minimum atomic E-state index is -1.22. The van der Waals surface area contributed by atoms with Gasteiger partial charge in [-0.1, -0.05) is 60.7 Å². The van der Waals surface area contributed by atoms with Crippen molar-refractivity contribution in [1.82, 2.24) is 0 Å². The number of carbonyl (C=O) groups excluding carboxylic acids is 1. The molecule has 0 spiro atoms. The molecule has 0 amide bonds. The fourth-order valence-corrected chi connectivity index (χ4v) is 1.68. The summed E-state index contributed by atoms with van der Waals surface area (Å²) in [6, 6.07) is 18.2. The number of hydrogen-bond donors (Lipinski definition) is 0. The van der Waals surface area contributed by atoms with E-state index in [-0.39, 0.29) is 6.61 Å². The first-order valence-electron chi connectivity index (χ1n) is 5.68. The van der Waals surface area contributed by atoms with Crippen molar-refractivity contribution in [2.75, 3.05) is 0 Å². The van der Waals surface area contributed by atoms with Crippen molar-refractivity contribution in [3.63, 3.8) is 0 Å². The minimum Gasteiger partial charge on any atom is -0.547 e. The van der Waals surface area contributed by atoms with Crippen LogP contribution >= 0.6 is 0 Å². The number of carboxylic acids is 1. The van der Waals surface area contributed by atoms with E-state index in [1.54, 1.807) is 24.3 Å². The van der Waals surface area contributed by atoms with E-state index in [0.717, 1.165) is 5.56 Å². The maximum Gasteiger partial charge on any atom is 0.122 e. The number of benzene rings is 2.